The summed E-state index contributed by atoms with van der Waals surface area (Å²) in [6, 6.07) is 16.2. The standard InChI is InChI=1S/C26H28N6O3/c1-18(19-7-3-2-4-8-19)28-25(33)20-17-21-24(29-22-9-5-6-10-31(22)26(21)34)32(23(20)27)12-11-30-13-15-35-16-14-30/h2-10,17-18,27H,11-16H2,1H3,(H,28,33)/t18-/m1/s1. The molecule has 2 N–H and O–H groups in total. The van der Waals surface area contributed by atoms with Gasteiger partial charge in [-0.15, -0.1) is 0 Å². The van der Waals surface area contributed by atoms with Gasteiger partial charge < -0.3 is 14.6 Å². The van der Waals surface area contributed by atoms with E-state index in [1.807, 2.05) is 43.3 Å². The van der Waals surface area contributed by atoms with Crippen LogP contribution < -0.4 is 16.4 Å². The van der Waals surface area contributed by atoms with Gasteiger partial charge in [0.15, 0.2) is 0 Å². The first-order valence-electron chi connectivity index (χ1n) is 11.8. The van der Waals surface area contributed by atoms with Crippen molar-refractivity contribution in [3.63, 3.8) is 0 Å². The molecule has 5 rings (SSSR count). The van der Waals surface area contributed by atoms with Gasteiger partial charge in [0, 0.05) is 32.4 Å². The summed E-state index contributed by atoms with van der Waals surface area (Å²) in [4.78, 5) is 33.6. The molecular formula is C26H28N6O3. The molecule has 1 fully saturated rings. The lowest BCUT2D eigenvalue weighted by molar-refractivity contribution is 0.0363. The van der Waals surface area contributed by atoms with E-state index in [4.69, 9.17) is 15.1 Å². The van der Waals surface area contributed by atoms with E-state index in [2.05, 4.69) is 10.2 Å². The van der Waals surface area contributed by atoms with Crippen molar-refractivity contribution in [2.24, 2.45) is 0 Å². The molecule has 0 saturated carbocycles. The average Bonchev–Trinajstić information content (AvgIpc) is 2.89. The highest BCUT2D eigenvalue weighted by molar-refractivity contribution is 5.97. The molecule has 0 radical (unpaired) electrons. The zero-order valence-corrected chi connectivity index (χ0v) is 19.6. The average molecular weight is 473 g/mol. The second-order valence-corrected chi connectivity index (χ2v) is 8.70. The summed E-state index contributed by atoms with van der Waals surface area (Å²) < 4.78 is 8.59. The van der Waals surface area contributed by atoms with Crippen LogP contribution >= 0.6 is 0 Å². The number of benzene rings is 1. The molecule has 0 aliphatic carbocycles. The Kier molecular flexibility index (Phi) is 6.43. The highest BCUT2D eigenvalue weighted by Crippen LogP contribution is 2.14. The number of fused-ring (bicyclic) bond motifs is 2. The number of nitrogens with one attached hydrogen (secondary N) is 2. The van der Waals surface area contributed by atoms with E-state index in [1.165, 1.54) is 10.5 Å². The summed E-state index contributed by atoms with van der Waals surface area (Å²) in [6.07, 6.45) is 1.66. The first-order valence-corrected chi connectivity index (χ1v) is 11.8. The van der Waals surface area contributed by atoms with Crippen LogP contribution in [0.3, 0.4) is 0 Å². The summed E-state index contributed by atoms with van der Waals surface area (Å²) in [5.74, 6) is -0.397. The number of carbonyl (C=O) groups is 1. The van der Waals surface area contributed by atoms with Crippen molar-refractivity contribution in [2.45, 2.75) is 19.5 Å². The number of carbonyl (C=O) groups excluding carboxylic acids is 1. The van der Waals surface area contributed by atoms with Crippen LogP contribution in [0, 0.1) is 5.41 Å². The zero-order chi connectivity index (χ0) is 24.4. The summed E-state index contributed by atoms with van der Waals surface area (Å²) in [5, 5.41) is 12.2. The van der Waals surface area contributed by atoms with Gasteiger partial charge in [-0.2, -0.15) is 0 Å². The summed E-state index contributed by atoms with van der Waals surface area (Å²) in [5.41, 5.74) is 1.79. The second-order valence-electron chi connectivity index (χ2n) is 8.70. The molecular weight excluding hydrogens is 444 g/mol. The molecule has 4 aromatic rings. The Morgan fingerprint density at radius 2 is 1.86 bits per heavy atom. The number of rotatable bonds is 6. The largest absolute Gasteiger partial charge is 0.379 e. The Morgan fingerprint density at radius 3 is 2.63 bits per heavy atom. The smallest absolute Gasteiger partial charge is 0.267 e. The van der Waals surface area contributed by atoms with E-state index < -0.39 is 5.91 Å². The lowest BCUT2D eigenvalue weighted by Crippen LogP contribution is -2.41. The fourth-order valence-electron chi connectivity index (χ4n) is 4.44. The quantitative estimate of drug-likeness (QED) is 0.418. The predicted molar refractivity (Wildman–Crippen MR) is 132 cm³/mol. The van der Waals surface area contributed by atoms with E-state index >= 15 is 0 Å². The number of hydrogen-bond donors (Lipinski definition) is 2. The van der Waals surface area contributed by atoms with Crippen LogP contribution in [0.25, 0.3) is 16.7 Å². The van der Waals surface area contributed by atoms with E-state index in [0.717, 1.165) is 18.7 Å². The van der Waals surface area contributed by atoms with Gasteiger partial charge in [-0.3, -0.25) is 24.3 Å². The third kappa shape index (κ3) is 4.60. The number of aromatic nitrogens is 3. The zero-order valence-electron chi connectivity index (χ0n) is 19.6. The minimum atomic E-state index is -0.397. The molecule has 0 bridgehead atoms. The van der Waals surface area contributed by atoms with E-state index in [-0.39, 0.29) is 22.7 Å². The normalized spacial score (nSPS) is 15.3. The lowest BCUT2D eigenvalue weighted by Gasteiger charge is -2.27. The van der Waals surface area contributed by atoms with Gasteiger partial charge in [0.05, 0.1) is 30.2 Å². The van der Waals surface area contributed by atoms with Gasteiger partial charge in [-0.1, -0.05) is 36.4 Å². The minimum absolute atomic E-state index is 0.0377. The first-order chi connectivity index (χ1) is 17.0. The van der Waals surface area contributed by atoms with Crippen LogP contribution in [0.1, 0.15) is 28.9 Å². The molecule has 1 aliphatic rings. The minimum Gasteiger partial charge on any atom is -0.379 e. The summed E-state index contributed by atoms with van der Waals surface area (Å²) in [7, 11) is 0. The van der Waals surface area contributed by atoms with Gasteiger partial charge >= 0.3 is 0 Å². The van der Waals surface area contributed by atoms with Crippen molar-refractivity contribution in [3.8, 4) is 0 Å². The molecule has 180 valence electrons. The number of ether oxygens (including phenoxy) is 1. The number of amides is 1. The van der Waals surface area contributed by atoms with E-state index in [0.29, 0.717) is 43.0 Å². The van der Waals surface area contributed by atoms with Crippen molar-refractivity contribution >= 4 is 22.6 Å². The van der Waals surface area contributed by atoms with Gasteiger partial charge in [-0.25, -0.2) is 4.98 Å². The Balaban J connectivity index is 1.59. The molecule has 9 nitrogen and oxygen atoms in total. The molecule has 3 aromatic heterocycles. The van der Waals surface area contributed by atoms with Crippen molar-refractivity contribution in [1.29, 1.82) is 5.41 Å². The SMILES string of the molecule is C[C@@H](NC(=O)c1cc2c(=O)n3ccccc3nc2n(CCN2CCOCC2)c1=N)c1ccccc1. The fraction of sp³-hybridized carbons (Fsp3) is 0.308. The second kappa shape index (κ2) is 9.81. The van der Waals surface area contributed by atoms with Crippen LogP contribution in [0.15, 0.2) is 65.6 Å². The predicted octanol–water partition coefficient (Wildman–Crippen LogP) is 1.95. The molecule has 4 heterocycles. The molecule has 1 aromatic carbocycles. The van der Waals surface area contributed by atoms with Gasteiger partial charge in [0.25, 0.3) is 11.5 Å². The van der Waals surface area contributed by atoms with Crippen LogP contribution in [0.2, 0.25) is 0 Å². The highest BCUT2D eigenvalue weighted by atomic mass is 16.5. The Bertz CT molecular complexity index is 1490. The molecule has 35 heavy (non-hydrogen) atoms. The maximum absolute atomic E-state index is 13.4. The maximum atomic E-state index is 13.4. The Labute approximate surface area is 202 Å². The van der Waals surface area contributed by atoms with Crippen molar-refractivity contribution in [2.75, 3.05) is 32.8 Å². The highest BCUT2D eigenvalue weighted by Gasteiger charge is 2.20. The van der Waals surface area contributed by atoms with Crippen LogP contribution in [-0.4, -0.2) is 57.6 Å². The molecule has 1 amide bonds. The van der Waals surface area contributed by atoms with Crippen LogP contribution in [-0.2, 0) is 11.3 Å². The Morgan fingerprint density at radius 1 is 1.11 bits per heavy atom. The molecule has 1 saturated heterocycles. The van der Waals surface area contributed by atoms with E-state index in [9.17, 15) is 9.59 Å². The maximum Gasteiger partial charge on any atom is 0.267 e. The Hall–Kier alpha value is -3.82. The number of hydrogen-bond acceptors (Lipinski definition) is 6. The monoisotopic (exact) mass is 472 g/mol. The third-order valence-corrected chi connectivity index (χ3v) is 6.45. The lowest BCUT2D eigenvalue weighted by atomic mass is 10.1. The molecule has 9 heteroatoms. The summed E-state index contributed by atoms with van der Waals surface area (Å²) in [6.45, 7) is 5.94. The first kappa shape index (κ1) is 22.9. The summed E-state index contributed by atoms with van der Waals surface area (Å²) >= 11 is 0. The molecule has 1 atom stereocenters. The molecule has 1 aliphatic heterocycles. The molecule has 0 unspecified atom stereocenters. The number of nitrogens with zero attached hydrogens (tertiary/aromatic N) is 4. The number of pyridine rings is 2. The third-order valence-electron chi connectivity index (χ3n) is 6.45. The van der Waals surface area contributed by atoms with Crippen molar-refractivity contribution in [1.82, 2.24) is 24.2 Å². The van der Waals surface area contributed by atoms with E-state index in [1.54, 1.807) is 22.9 Å². The topological polar surface area (TPSA) is 105 Å². The van der Waals surface area contributed by atoms with Crippen molar-refractivity contribution < 1.29 is 9.53 Å². The van der Waals surface area contributed by atoms with Crippen LogP contribution in [0.5, 0.6) is 0 Å². The van der Waals surface area contributed by atoms with Gasteiger partial charge in [0.1, 0.15) is 16.8 Å². The fourth-order valence-corrected chi connectivity index (χ4v) is 4.44. The number of morpholine rings is 1. The molecule has 0 spiro atoms. The van der Waals surface area contributed by atoms with Gasteiger partial charge in [-0.05, 0) is 30.7 Å². The van der Waals surface area contributed by atoms with Crippen molar-refractivity contribution in [3.05, 3.63) is 87.8 Å². The van der Waals surface area contributed by atoms with Gasteiger partial charge in [0.2, 0.25) is 0 Å². The van der Waals surface area contributed by atoms with Crippen LogP contribution in [0.4, 0.5) is 0 Å².